The van der Waals surface area contributed by atoms with E-state index in [0.29, 0.717) is 29.8 Å². The molecule has 3 N–H and O–H groups in total. The zero-order chi connectivity index (χ0) is 12.1. The summed E-state index contributed by atoms with van der Waals surface area (Å²) < 4.78 is 10.7. The predicted molar refractivity (Wildman–Crippen MR) is 67.3 cm³/mol. The Balaban J connectivity index is 3.06. The number of rotatable bonds is 5. The SMILES string of the molecule is CCOc1cc(NC(C)C)c(N)cc1OC. The fourth-order valence-corrected chi connectivity index (χ4v) is 1.44. The van der Waals surface area contributed by atoms with Crippen molar-refractivity contribution in [1.29, 1.82) is 0 Å². The van der Waals surface area contributed by atoms with E-state index in [1.165, 1.54) is 0 Å². The lowest BCUT2D eigenvalue weighted by atomic mass is 10.2. The summed E-state index contributed by atoms with van der Waals surface area (Å²) in [6, 6.07) is 3.97. The second-order valence-electron chi connectivity index (χ2n) is 3.82. The Kier molecular flexibility index (Phi) is 4.28. The Morgan fingerprint density at radius 2 is 2.00 bits per heavy atom. The molecule has 0 saturated carbocycles. The van der Waals surface area contributed by atoms with E-state index in [2.05, 4.69) is 19.2 Å². The van der Waals surface area contributed by atoms with E-state index in [9.17, 15) is 0 Å². The number of nitrogen functional groups attached to an aromatic ring is 1. The van der Waals surface area contributed by atoms with Gasteiger partial charge in [-0.15, -0.1) is 0 Å². The number of nitrogens with one attached hydrogen (secondary N) is 1. The number of ether oxygens (including phenoxy) is 2. The molecule has 0 aliphatic rings. The van der Waals surface area contributed by atoms with E-state index >= 15 is 0 Å². The Morgan fingerprint density at radius 1 is 1.31 bits per heavy atom. The van der Waals surface area contributed by atoms with Crippen LogP contribution < -0.4 is 20.5 Å². The van der Waals surface area contributed by atoms with E-state index in [0.717, 1.165) is 5.69 Å². The third kappa shape index (κ3) is 2.95. The van der Waals surface area contributed by atoms with Gasteiger partial charge in [0.2, 0.25) is 0 Å². The second-order valence-corrected chi connectivity index (χ2v) is 3.82. The van der Waals surface area contributed by atoms with Crippen LogP contribution in [0.15, 0.2) is 12.1 Å². The van der Waals surface area contributed by atoms with Crippen molar-refractivity contribution in [3.05, 3.63) is 12.1 Å². The molecule has 0 fully saturated rings. The lowest BCUT2D eigenvalue weighted by Crippen LogP contribution is -2.11. The summed E-state index contributed by atoms with van der Waals surface area (Å²) in [5.74, 6) is 1.37. The van der Waals surface area contributed by atoms with Crippen LogP contribution in [0.3, 0.4) is 0 Å². The number of nitrogens with two attached hydrogens (primary N) is 1. The van der Waals surface area contributed by atoms with Gasteiger partial charge in [-0.1, -0.05) is 0 Å². The van der Waals surface area contributed by atoms with Crippen molar-refractivity contribution in [1.82, 2.24) is 0 Å². The van der Waals surface area contributed by atoms with Crippen LogP contribution in [0.1, 0.15) is 20.8 Å². The van der Waals surface area contributed by atoms with Gasteiger partial charge >= 0.3 is 0 Å². The third-order valence-electron chi connectivity index (χ3n) is 2.08. The molecule has 0 atom stereocenters. The number of anilines is 2. The monoisotopic (exact) mass is 224 g/mol. The van der Waals surface area contributed by atoms with E-state index in [1.54, 1.807) is 13.2 Å². The molecule has 0 aromatic heterocycles. The molecule has 0 amide bonds. The van der Waals surface area contributed by atoms with Gasteiger partial charge in [-0.3, -0.25) is 0 Å². The first kappa shape index (κ1) is 12.5. The average molecular weight is 224 g/mol. The normalized spacial score (nSPS) is 10.3. The van der Waals surface area contributed by atoms with Crippen LogP contribution in [0, 0.1) is 0 Å². The molecule has 0 aliphatic carbocycles. The fourth-order valence-electron chi connectivity index (χ4n) is 1.44. The van der Waals surface area contributed by atoms with Crippen LogP contribution in [0.25, 0.3) is 0 Å². The zero-order valence-electron chi connectivity index (χ0n) is 10.3. The summed E-state index contributed by atoms with van der Waals surface area (Å²) in [6.07, 6.45) is 0. The van der Waals surface area contributed by atoms with Crippen molar-refractivity contribution in [3.63, 3.8) is 0 Å². The molecular weight excluding hydrogens is 204 g/mol. The first-order chi connectivity index (χ1) is 7.58. The number of methoxy groups -OCH3 is 1. The van der Waals surface area contributed by atoms with Crippen molar-refractivity contribution in [2.45, 2.75) is 26.8 Å². The molecule has 0 heterocycles. The molecule has 4 nitrogen and oxygen atoms in total. The van der Waals surface area contributed by atoms with Crippen LogP contribution in [-0.4, -0.2) is 19.8 Å². The summed E-state index contributed by atoms with van der Waals surface area (Å²) in [6.45, 7) is 6.65. The summed E-state index contributed by atoms with van der Waals surface area (Å²) in [7, 11) is 1.60. The van der Waals surface area contributed by atoms with Crippen LogP contribution >= 0.6 is 0 Å². The highest BCUT2D eigenvalue weighted by atomic mass is 16.5. The zero-order valence-corrected chi connectivity index (χ0v) is 10.3. The van der Waals surface area contributed by atoms with Gasteiger partial charge in [0.15, 0.2) is 11.5 Å². The van der Waals surface area contributed by atoms with Crippen molar-refractivity contribution in [2.24, 2.45) is 0 Å². The fraction of sp³-hybridized carbons (Fsp3) is 0.500. The number of hydrogen-bond acceptors (Lipinski definition) is 4. The molecule has 1 aromatic carbocycles. The topological polar surface area (TPSA) is 56.5 Å². The largest absolute Gasteiger partial charge is 0.493 e. The van der Waals surface area contributed by atoms with Gasteiger partial charge in [-0.05, 0) is 20.8 Å². The molecule has 0 radical (unpaired) electrons. The van der Waals surface area contributed by atoms with Crippen molar-refractivity contribution < 1.29 is 9.47 Å². The summed E-state index contributed by atoms with van der Waals surface area (Å²) >= 11 is 0. The minimum atomic E-state index is 0.324. The van der Waals surface area contributed by atoms with E-state index in [4.69, 9.17) is 15.2 Å². The molecule has 0 spiro atoms. The number of benzene rings is 1. The van der Waals surface area contributed by atoms with E-state index < -0.39 is 0 Å². The molecule has 0 saturated heterocycles. The Morgan fingerprint density at radius 3 is 2.50 bits per heavy atom. The average Bonchev–Trinajstić information content (AvgIpc) is 2.22. The van der Waals surface area contributed by atoms with Gasteiger partial charge in [-0.25, -0.2) is 0 Å². The van der Waals surface area contributed by atoms with Gasteiger partial charge in [0.25, 0.3) is 0 Å². The molecule has 1 aromatic rings. The van der Waals surface area contributed by atoms with E-state index in [-0.39, 0.29) is 0 Å². The summed E-state index contributed by atoms with van der Waals surface area (Å²) in [5, 5.41) is 3.26. The Hall–Kier alpha value is -1.58. The quantitative estimate of drug-likeness (QED) is 0.754. The minimum absolute atomic E-state index is 0.324. The molecule has 0 unspecified atom stereocenters. The molecule has 4 heteroatoms. The van der Waals surface area contributed by atoms with Gasteiger partial charge in [-0.2, -0.15) is 0 Å². The molecule has 90 valence electrons. The van der Waals surface area contributed by atoms with Crippen LogP contribution in [-0.2, 0) is 0 Å². The lowest BCUT2D eigenvalue weighted by molar-refractivity contribution is 0.311. The van der Waals surface area contributed by atoms with Crippen LogP contribution in [0.5, 0.6) is 11.5 Å². The second kappa shape index (κ2) is 5.49. The number of hydrogen-bond donors (Lipinski definition) is 2. The van der Waals surface area contributed by atoms with Crippen LogP contribution in [0.4, 0.5) is 11.4 Å². The van der Waals surface area contributed by atoms with E-state index in [1.807, 2.05) is 13.0 Å². The van der Waals surface area contributed by atoms with Gasteiger partial charge in [0, 0.05) is 18.2 Å². The van der Waals surface area contributed by atoms with Gasteiger partial charge < -0.3 is 20.5 Å². The predicted octanol–water partition coefficient (Wildman–Crippen LogP) is 2.50. The van der Waals surface area contributed by atoms with Gasteiger partial charge in [0.1, 0.15) is 0 Å². The van der Waals surface area contributed by atoms with Crippen molar-refractivity contribution >= 4 is 11.4 Å². The summed E-state index contributed by atoms with van der Waals surface area (Å²) in [5.41, 5.74) is 7.45. The maximum absolute atomic E-state index is 5.91. The maximum Gasteiger partial charge on any atom is 0.163 e. The maximum atomic E-state index is 5.91. The van der Waals surface area contributed by atoms with Crippen LogP contribution in [0.2, 0.25) is 0 Å². The highest BCUT2D eigenvalue weighted by Crippen LogP contribution is 2.35. The minimum Gasteiger partial charge on any atom is -0.493 e. The first-order valence-electron chi connectivity index (χ1n) is 5.45. The molecular formula is C12H20N2O2. The van der Waals surface area contributed by atoms with Gasteiger partial charge in [0.05, 0.1) is 25.1 Å². The third-order valence-corrected chi connectivity index (χ3v) is 2.08. The first-order valence-corrected chi connectivity index (χ1v) is 5.45. The lowest BCUT2D eigenvalue weighted by Gasteiger charge is -2.16. The highest BCUT2D eigenvalue weighted by molar-refractivity contribution is 5.72. The molecule has 1 rings (SSSR count). The van der Waals surface area contributed by atoms with Crippen molar-refractivity contribution in [3.8, 4) is 11.5 Å². The molecule has 16 heavy (non-hydrogen) atoms. The molecule has 0 aliphatic heterocycles. The summed E-state index contributed by atoms with van der Waals surface area (Å²) in [4.78, 5) is 0. The smallest absolute Gasteiger partial charge is 0.163 e. The molecule has 0 bridgehead atoms. The Bertz CT molecular complexity index is 351. The Labute approximate surface area is 96.7 Å². The highest BCUT2D eigenvalue weighted by Gasteiger charge is 2.10. The standard InChI is InChI=1S/C12H20N2O2/c1-5-16-12-7-10(14-8(2)3)9(13)6-11(12)15-4/h6-8,14H,5,13H2,1-4H3. The van der Waals surface area contributed by atoms with Crippen molar-refractivity contribution in [2.75, 3.05) is 24.8 Å².